The van der Waals surface area contributed by atoms with Gasteiger partial charge >= 0.3 is 0 Å². The van der Waals surface area contributed by atoms with E-state index in [1.807, 2.05) is 40.6 Å². The zero-order valence-corrected chi connectivity index (χ0v) is 12.0. The standard InChI is InChI=1S/C16H17NO2S/c18-16(11-14-7-4-10-20-14)17-8-9-19-15(12-17)13-5-2-1-3-6-13/h1-7,10,15H,8-9,11-12H2. The third-order valence-corrected chi connectivity index (χ3v) is 4.37. The smallest absolute Gasteiger partial charge is 0.228 e. The van der Waals surface area contributed by atoms with E-state index in [4.69, 9.17) is 4.74 Å². The number of hydrogen-bond acceptors (Lipinski definition) is 3. The van der Waals surface area contributed by atoms with Gasteiger partial charge in [0.1, 0.15) is 6.10 Å². The van der Waals surface area contributed by atoms with E-state index in [2.05, 4.69) is 12.1 Å². The molecule has 0 radical (unpaired) electrons. The maximum absolute atomic E-state index is 12.3. The molecular weight excluding hydrogens is 270 g/mol. The minimum absolute atomic E-state index is 0.00256. The van der Waals surface area contributed by atoms with Crippen LogP contribution in [0.1, 0.15) is 16.5 Å². The summed E-state index contributed by atoms with van der Waals surface area (Å²) in [5, 5.41) is 2.01. The molecule has 2 aromatic rings. The molecule has 104 valence electrons. The van der Waals surface area contributed by atoms with Crippen LogP contribution in [-0.2, 0) is 16.0 Å². The second-order valence-corrected chi connectivity index (χ2v) is 5.90. The molecule has 1 aromatic carbocycles. The van der Waals surface area contributed by atoms with Gasteiger partial charge in [-0.15, -0.1) is 11.3 Å². The van der Waals surface area contributed by atoms with Gasteiger partial charge in [-0.25, -0.2) is 0 Å². The van der Waals surface area contributed by atoms with Gasteiger partial charge in [-0.05, 0) is 17.0 Å². The fourth-order valence-electron chi connectivity index (χ4n) is 2.42. The van der Waals surface area contributed by atoms with E-state index in [9.17, 15) is 4.79 Å². The summed E-state index contributed by atoms with van der Waals surface area (Å²) in [6.45, 7) is 1.94. The van der Waals surface area contributed by atoms with Crippen molar-refractivity contribution in [3.63, 3.8) is 0 Å². The van der Waals surface area contributed by atoms with Crippen molar-refractivity contribution in [2.24, 2.45) is 0 Å². The summed E-state index contributed by atoms with van der Waals surface area (Å²) >= 11 is 1.63. The number of carbonyl (C=O) groups excluding carboxylic acids is 1. The molecule has 1 fully saturated rings. The first-order valence-corrected chi connectivity index (χ1v) is 7.67. The van der Waals surface area contributed by atoms with Crippen molar-refractivity contribution in [2.45, 2.75) is 12.5 Å². The van der Waals surface area contributed by atoms with E-state index >= 15 is 0 Å². The molecule has 0 aliphatic carbocycles. The molecule has 1 unspecified atom stereocenters. The first-order chi connectivity index (χ1) is 9.83. The summed E-state index contributed by atoms with van der Waals surface area (Å²) in [5.41, 5.74) is 1.14. The molecular formula is C16H17NO2S. The molecule has 4 heteroatoms. The van der Waals surface area contributed by atoms with Crippen LogP contribution in [0.2, 0.25) is 0 Å². The number of morpholine rings is 1. The maximum Gasteiger partial charge on any atom is 0.228 e. The number of thiophene rings is 1. The van der Waals surface area contributed by atoms with Crippen LogP contribution in [0.4, 0.5) is 0 Å². The molecule has 3 rings (SSSR count). The van der Waals surface area contributed by atoms with Gasteiger partial charge in [-0.2, -0.15) is 0 Å². The van der Waals surface area contributed by atoms with Crippen molar-refractivity contribution in [3.05, 3.63) is 58.3 Å². The molecule has 1 aromatic heterocycles. The van der Waals surface area contributed by atoms with Crippen molar-refractivity contribution in [1.29, 1.82) is 0 Å². The van der Waals surface area contributed by atoms with Crippen LogP contribution in [-0.4, -0.2) is 30.5 Å². The predicted octanol–water partition coefficient (Wildman–Crippen LogP) is 2.89. The Labute approximate surface area is 122 Å². The zero-order valence-electron chi connectivity index (χ0n) is 11.2. The largest absolute Gasteiger partial charge is 0.370 e. The monoisotopic (exact) mass is 287 g/mol. The number of benzene rings is 1. The molecule has 1 aliphatic rings. The fraction of sp³-hybridized carbons (Fsp3) is 0.312. The van der Waals surface area contributed by atoms with Gasteiger partial charge < -0.3 is 9.64 Å². The highest BCUT2D eigenvalue weighted by Crippen LogP contribution is 2.22. The molecule has 0 spiro atoms. The highest BCUT2D eigenvalue weighted by molar-refractivity contribution is 7.10. The maximum atomic E-state index is 12.3. The van der Waals surface area contributed by atoms with Crippen LogP contribution >= 0.6 is 11.3 Å². The van der Waals surface area contributed by atoms with E-state index in [0.717, 1.165) is 10.4 Å². The summed E-state index contributed by atoms with van der Waals surface area (Å²) in [6.07, 6.45) is 0.497. The van der Waals surface area contributed by atoms with Gasteiger partial charge in [0.15, 0.2) is 0 Å². The minimum Gasteiger partial charge on any atom is -0.370 e. The Morgan fingerprint density at radius 3 is 2.85 bits per heavy atom. The van der Waals surface area contributed by atoms with Crippen molar-refractivity contribution < 1.29 is 9.53 Å². The molecule has 0 saturated carbocycles. The van der Waals surface area contributed by atoms with Gasteiger partial charge in [-0.1, -0.05) is 36.4 Å². The predicted molar refractivity (Wildman–Crippen MR) is 79.7 cm³/mol. The molecule has 1 saturated heterocycles. The Morgan fingerprint density at radius 2 is 2.10 bits per heavy atom. The number of rotatable bonds is 3. The average molecular weight is 287 g/mol. The fourth-order valence-corrected chi connectivity index (χ4v) is 3.12. The number of hydrogen-bond donors (Lipinski definition) is 0. The number of ether oxygens (including phenoxy) is 1. The SMILES string of the molecule is O=C(Cc1cccs1)N1CCOC(c2ccccc2)C1. The molecule has 3 nitrogen and oxygen atoms in total. The molecule has 1 atom stereocenters. The van der Waals surface area contributed by atoms with Crippen LogP contribution < -0.4 is 0 Å². The molecule has 1 amide bonds. The summed E-state index contributed by atoms with van der Waals surface area (Å²) in [6, 6.07) is 14.1. The first kappa shape index (κ1) is 13.3. The zero-order chi connectivity index (χ0) is 13.8. The molecule has 1 aliphatic heterocycles. The molecule has 0 N–H and O–H groups in total. The van der Waals surface area contributed by atoms with Crippen molar-refractivity contribution in [1.82, 2.24) is 4.90 Å². The highest BCUT2D eigenvalue weighted by Gasteiger charge is 2.25. The summed E-state index contributed by atoms with van der Waals surface area (Å²) in [4.78, 5) is 15.4. The number of nitrogens with zero attached hydrogens (tertiary/aromatic N) is 1. The Kier molecular flexibility index (Phi) is 4.14. The van der Waals surface area contributed by atoms with Crippen molar-refractivity contribution >= 4 is 17.2 Å². The Morgan fingerprint density at radius 1 is 1.25 bits per heavy atom. The van der Waals surface area contributed by atoms with E-state index < -0.39 is 0 Å². The second kappa shape index (κ2) is 6.20. The van der Waals surface area contributed by atoms with Crippen molar-refractivity contribution in [3.8, 4) is 0 Å². The van der Waals surface area contributed by atoms with Crippen LogP contribution in [0.3, 0.4) is 0 Å². The average Bonchev–Trinajstić information content (AvgIpc) is 3.01. The Balaban J connectivity index is 1.64. The van der Waals surface area contributed by atoms with Gasteiger partial charge in [0, 0.05) is 11.4 Å². The van der Waals surface area contributed by atoms with Crippen LogP contribution in [0.5, 0.6) is 0 Å². The topological polar surface area (TPSA) is 29.5 Å². The number of amides is 1. The van der Waals surface area contributed by atoms with Gasteiger partial charge in [0.25, 0.3) is 0 Å². The van der Waals surface area contributed by atoms with Gasteiger partial charge in [0.05, 0.1) is 19.6 Å². The number of carbonyl (C=O) groups is 1. The van der Waals surface area contributed by atoms with E-state index in [-0.39, 0.29) is 12.0 Å². The molecule has 0 bridgehead atoms. The van der Waals surface area contributed by atoms with Crippen LogP contribution in [0, 0.1) is 0 Å². The Bertz CT molecular complexity index is 553. The van der Waals surface area contributed by atoms with Crippen LogP contribution in [0.25, 0.3) is 0 Å². The normalized spacial score (nSPS) is 19.0. The van der Waals surface area contributed by atoms with E-state index in [1.165, 1.54) is 0 Å². The lowest BCUT2D eigenvalue weighted by atomic mass is 10.1. The highest BCUT2D eigenvalue weighted by atomic mass is 32.1. The summed E-state index contributed by atoms with van der Waals surface area (Å²) in [5.74, 6) is 0.191. The Hall–Kier alpha value is -1.65. The van der Waals surface area contributed by atoms with Gasteiger partial charge in [0.2, 0.25) is 5.91 Å². The van der Waals surface area contributed by atoms with Crippen LogP contribution in [0.15, 0.2) is 47.8 Å². The van der Waals surface area contributed by atoms with E-state index in [1.54, 1.807) is 11.3 Å². The lowest BCUT2D eigenvalue weighted by Crippen LogP contribution is -2.42. The molecule has 20 heavy (non-hydrogen) atoms. The van der Waals surface area contributed by atoms with E-state index in [0.29, 0.717) is 26.1 Å². The summed E-state index contributed by atoms with van der Waals surface area (Å²) < 4.78 is 5.79. The third kappa shape index (κ3) is 3.08. The minimum atomic E-state index is -0.00256. The lowest BCUT2D eigenvalue weighted by molar-refractivity contribution is -0.138. The first-order valence-electron chi connectivity index (χ1n) is 6.79. The summed E-state index contributed by atoms with van der Waals surface area (Å²) in [7, 11) is 0. The lowest BCUT2D eigenvalue weighted by Gasteiger charge is -2.33. The third-order valence-electron chi connectivity index (χ3n) is 3.50. The second-order valence-electron chi connectivity index (χ2n) is 4.87. The molecule has 2 heterocycles. The van der Waals surface area contributed by atoms with Crippen molar-refractivity contribution in [2.75, 3.05) is 19.7 Å². The quantitative estimate of drug-likeness (QED) is 0.868. The van der Waals surface area contributed by atoms with Gasteiger partial charge in [-0.3, -0.25) is 4.79 Å².